The van der Waals surface area contributed by atoms with Gasteiger partial charge in [-0.1, -0.05) is 11.3 Å². The molecule has 8 heteroatoms. The lowest BCUT2D eigenvalue weighted by Gasteiger charge is -2.11. The molecule has 1 aromatic heterocycles. The van der Waals surface area contributed by atoms with Gasteiger partial charge in [-0.15, -0.1) is 0 Å². The van der Waals surface area contributed by atoms with Crippen molar-refractivity contribution in [2.24, 2.45) is 7.05 Å². The van der Waals surface area contributed by atoms with Crippen LogP contribution < -0.4 is 14.3 Å². The first-order valence-corrected chi connectivity index (χ1v) is 9.95. The molecule has 0 bridgehead atoms. The maximum absolute atomic E-state index is 12.6. The van der Waals surface area contributed by atoms with Crippen LogP contribution in [0.3, 0.4) is 0 Å². The van der Waals surface area contributed by atoms with Gasteiger partial charge in [0.15, 0.2) is 0 Å². The fourth-order valence-corrected chi connectivity index (χ4v) is 4.45. The van der Waals surface area contributed by atoms with Gasteiger partial charge in [-0.2, -0.15) is 0 Å². The van der Waals surface area contributed by atoms with Crippen molar-refractivity contribution in [1.82, 2.24) is 4.57 Å². The van der Waals surface area contributed by atoms with Crippen LogP contribution >= 0.6 is 11.3 Å². The van der Waals surface area contributed by atoms with E-state index in [-0.39, 0.29) is 15.9 Å². The molecule has 2 aromatic carbocycles. The number of nitrogens with zero attached hydrogens (tertiary/aromatic N) is 1. The van der Waals surface area contributed by atoms with Gasteiger partial charge in [-0.3, -0.25) is 9.52 Å². The highest BCUT2D eigenvalue weighted by Crippen LogP contribution is 2.24. The van der Waals surface area contributed by atoms with Gasteiger partial charge in [0, 0.05) is 12.7 Å². The molecular weight excluding hydrogens is 360 g/mol. The molecule has 0 spiro atoms. The lowest BCUT2D eigenvalue weighted by molar-refractivity contribution is 0.242. The van der Waals surface area contributed by atoms with Crippen molar-refractivity contribution >= 4 is 37.3 Å². The van der Waals surface area contributed by atoms with E-state index in [1.165, 1.54) is 16.7 Å². The summed E-state index contributed by atoms with van der Waals surface area (Å²) in [5.41, 5.74) is 1.15. The average molecular weight is 378 g/mol. The quantitative estimate of drug-likeness (QED) is 0.740. The highest BCUT2D eigenvalue weighted by Gasteiger charge is 2.16. The van der Waals surface area contributed by atoms with Crippen LogP contribution in [0.15, 0.2) is 52.2 Å². The van der Waals surface area contributed by atoms with Crippen molar-refractivity contribution in [3.05, 3.63) is 52.1 Å². The van der Waals surface area contributed by atoms with Gasteiger partial charge in [0.2, 0.25) is 0 Å². The lowest BCUT2D eigenvalue weighted by atomic mass is 10.3. The van der Waals surface area contributed by atoms with Crippen molar-refractivity contribution in [2.45, 2.75) is 24.8 Å². The summed E-state index contributed by atoms with van der Waals surface area (Å²) in [6, 6.07) is 11.4. The Labute approximate surface area is 149 Å². The first-order chi connectivity index (χ1) is 11.8. The Kier molecular flexibility index (Phi) is 4.57. The van der Waals surface area contributed by atoms with Crippen LogP contribution in [-0.4, -0.2) is 19.1 Å². The minimum absolute atomic E-state index is 0.0484. The molecule has 0 fully saturated rings. The van der Waals surface area contributed by atoms with E-state index in [9.17, 15) is 13.2 Å². The van der Waals surface area contributed by atoms with E-state index in [1.807, 2.05) is 13.8 Å². The van der Waals surface area contributed by atoms with E-state index >= 15 is 0 Å². The van der Waals surface area contributed by atoms with E-state index in [0.29, 0.717) is 21.7 Å². The number of rotatable bonds is 5. The monoisotopic (exact) mass is 378 g/mol. The summed E-state index contributed by atoms with van der Waals surface area (Å²) in [6.45, 7) is 3.84. The number of ether oxygens (including phenoxy) is 1. The van der Waals surface area contributed by atoms with E-state index in [1.54, 1.807) is 37.4 Å². The number of aromatic nitrogens is 1. The molecule has 1 heterocycles. The standard InChI is InChI=1S/C17H18N2O4S2/c1-11(2)23-13-6-4-12(5-7-13)18-25(21,22)14-8-9-15-16(10-14)24-17(20)19(15)3/h4-11,18H,1-3H3. The molecule has 0 unspecified atom stereocenters. The van der Waals surface area contributed by atoms with Crippen molar-refractivity contribution < 1.29 is 13.2 Å². The molecule has 0 aliphatic heterocycles. The lowest BCUT2D eigenvalue weighted by Crippen LogP contribution is -2.13. The Morgan fingerprint density at radius 1 is 1.12 bits per heavy atom. The van der Waals surface area contributed by atoms with Gasteiger partial charge in [0.1, 0.15) is 5.75 Å². The zero-order valence-corrected chi connectivity index (χ0v) is 15.6. The smallest absolute Gasteiger partial charge is 0.307 e. The second kappa shape index (κ2) is 6.53. The molecule has 0 aliphatic rings. The van der Waals surface area contributed by atoms with Crippen molar-refractivity contribution in [2.75, 3.05) is 4.72 Å². The Balaban J connectivity index is 1.87. The largest absolute Gasteiger partial charge is 0.491 e. The zero-order chi connectivity index (χ0) is 18.2. The first-order valence-electron chi connectivity index (χ1n) is 7.65. The maximum atomic E-state index is 12.6. The molecular formula is C17H18N2O4S2. The molecule has 3 aromatic rings. The van der Waals surface area contributed by atoms with E-state index < -0.39 is 10.0 Å². The first kappa shape index (κ1) is 17.5. The normalized spacial score (nSPS) is 11.8. The number of anilines is 1. The SMILES string of the molecule is CC(C)Oc1ccc(NS(=O)(=O)c2ccc3c(c2)sc(=O)n3C)cc1. The molecule has 0 aliphatic carbocycles. The van der Waals surface area contributed by atoms with E-state index in [2.05, 4.69) is 4.72 Å². The van der Waals surface area contributed by atoms with Crippen LogP contribution in [0, 0.1) is 0 Å². The third-order valence-corrected chi connectivity index (χ3v) is 5.93. The van der Waals surface area contributed by atoms with Gasteiger partial charge < -0.3 is 9.30 Å². The summed E-state index contributed by atoms with van der Waals surface area (Å²) in [4.78, 5) is 11.7. The molecule has 0 radical (unpaired) electrons. The molecule has 0 atom stereocenters. The van der Waals surface area contributed by atoms with Crippen LogP contribution in [-0.2, 0) is 17.1 Å². The number of thiazole rings is 1. The number of fused-ring (bicyclic) bond motifs is 1. The van der Waals surface area contributed by atoms with Crippen molar-refractivity contribution in [3.8, 4) is 5.75 Å². The number of aryl methyl sites for hydroxylation is 1. The minimum Gasteiger partial charge on any atom is -0.491 e. The predicted molar refractivity (Wildman–Crippen MR) is 100 cm³/mol. The van der Waals surface area contributed by atoms with Gasteiger partial charge >= 0.3 is 4.87 Å². The summed E-state index contributed by atoms with van der Waals surface area (Å²) < 4.78 is 35.4. The summed E-state index contributed by atoms with van der Waals surface area (Å²) in [5, 5.41) is 0. The Morgan fingerprint density at radius 3 is 2.44 bits per heavy atom. The minimum atomic E-state index is -3.74. The van der Waals surface area contributed by atoms with Crippen molar-refractivity contribution in [1.29, 1.82) is 0 Å². The van der Waals surface area contributed by atoms with Gasteiger partial charge in [-0.05, 0) is 56.3 Å². The zero-order valence-electron chi connectivity index (χ0n) is 14.0. The van der Waals surface area contributed by atoms with Crippen LogP contribution in [0.4, 0.5) is 5.69 Å². The number of nitrogens with one attached hydrogen (secondary N) is 1. The fraction of sp³-hybridized carbons (Fsp3) is 0.235. The third kappa shape index (κ3) is 3.69. The average Bonchev–Trinajstić information content (AvgIpc) is 2.83. The fourth-order valence-electron chi connectivity index (χ4n) is 2.37. The van der Waals surface area contributed by atoms with Crippen molar-refractivity contribution in [3.63, 3.8) is 0 Å². The topological polar surface area (TPSA) is 77.4 Å². The predicted octanol–water partition coefficient (Wildman–Crippen LogP) is 3.19. The Bertz CT molecular complexity index is 1060. The second-order valence-corrected chi connectivity index (χ2v) is 8.53. The molecule has 3 rings (SSSR count). The molecule has 132 valence electrons. The summed E-state index contributed by atoms with van der Waals surface area (Å²) in [6.07, 6.45) is 0.0484. The summed E-state index contributed by atoms with van der Waals surface area (Å²) in [7, 11) is -2.08. The molecule has 1 N–H and O–H groups in total. The third-order valence-electron chi connectivity index (χ3n) is 3.55. The highest BCUT2D eigenvalue weighted by atomic mass is 32.2. The van der Waals surface area contributed by atoms with E-state index in [4.69, 9.17) is 4.74 Å². The Hall–Kier alpha value is -2.32. The van der Waals surface area contributed by atoms with E-state index in [0.717, 1.165) is 11.3 Å². The number of sulfonamides is 1. The van der Waals surface area contributed by atoms with Crippen LogP contribution in [0.25, 0.3) is 10.2 Å². The molecule has 0 saturated heterocycles. The Morgan fingerprint density at radius 2 is 1.80 bits per heavy atom. The van der Waals surface area contributed by atoms with Crippen LogP contribution in [0.5, 0.6) is 5.75 Å². The summed E-state index contributed by atoms with van der Waals surface area (Å²) in [5.74, 6) is 0.674. The maximum Gasteiger partial charge on any atom is 0.307 e. The number of hydrogen-bond donors (Lipinski definition) is 1. The van der Waals surface area contributed by atoms with Crippen LogP contribution in [0.2, 0.25) is 0 Å². The number of hydrogen-bond acceptors (Lipinski definition) is 5. The molecule has 25 heavy (non-hydrogen) atoms. The van der Waals surface area contributed by atoms with Gasteiger partial charge in [-0.25, -0.2) is 8.42 Å². The number of benzene rings is 2. The van der Waals surface area contributed by atoms with Crippen LogP contribution in [0.1, 0.15) is 13.8 Å². The second-order valence-electron chi connectivity index (χ2n) is 5.85. The molecule has 6 nitrogen and oxygen atoms in total. The van der Waals surface area contributed by atoms with Gasteiger partial charge in [0.25, 0.3) is 10.0 Å². The molecule has 0 saturated carbocycles. The summed E-state index contributed by atoms with van der Waals surface area (Å²) >= 11 is 1.02. The highest BCUT2D eigenvalue weighted by molar-refractivity contribution is 7.92. The molecule has 0 amide bonds. The van der Waals surface area contributed by atoms with Gasteiger partial charge in [0.05, 0.1) is 21.2 Å².